The molecular weight excluding hydrogens is 335 g/mol. The molecule has 0 saturated carbocycles. The molecule has 1 N–H and O–H groups in total. The quantitative estimate of drug-likeness (QED) is 0.868. The Hall–Kier alpha value is -1.46. The second kappa shape index (κ2) is 6.54. The minimum Gasteiger partial charge on any atom is -0.436 e. The van der Waals surface area contributed by atoms with Crippen LogP contribution in [0.3, 0.4) is 0 Å². The van der Waals surface area contributed by atoms with Crippen molar-refractivity contribution >= 4 is 15.9 Å². The molecule has 5 heteroatoms. The van der Waals surface area contributed by atoms with Crippen LogP contribution in [0.15, 0.2) is 40.9 Å². The van der Waals surface area contributed by atoms with E-state index in [1.54, 1.807) is 18.2 Å². The highest BCUT2D eigenvalue weighted by atomic mass is 79.9. The Kier molecular flexibility index (Phi) is 4.96. The third-order valence-electron chi connectivity index (χ3n) is 2.69. The molecule has 0 unspecified atom stereocenters. The molecule has 0 radical (unpaired) electrons. The van der Waals surface area contributed by atoms with Crippen LogP contribution in [0.25, 0.3) is 0 Å². The van der Waals surface area contributed by atoms with Gasteiger partial charge in [-0.05, 0) is 45.0 Å². The minimum absolute atomic E-state index is 0.00887. The molecule has 0 atom stereocenters. The molecule has 0 aliphatic rings. The zero-order chi connectivity index (χ0) is 15.5. The first-order valence-electron chi connectivity index (χ1n) is 6.67. The third-order valence-corrected chi connectivity index (χ3v) is 3.18. The molecule has 1 aromatic heterocycles. The van der Waals surface area contributed by atoms with Gasteiger partial charge in [0.1, 0.15) is 0 Å². The third kappa shape index (κ3) is 5.10. The molecule has 0 saturated heterocycles. The Morgan fingerprint density at radius 1 is 1.24 bits per heavy atom. The Labute approximate surface area is 132 Å². The molecule has 1 aromatic carbocycles. The summed E-state index contributed by atoms with van der Waals surface area (Å²) >= 11 is 3.29. The van der Waals surface area contributed by atoms with Gasteiger partial charge >= 0.3 is 0 Å². The highest BCUT2D eigenvalue weighted by Crippen LogP contribution is 2.26. The minimum atomic E-state index is -0.418. The van der Waals surface area contributed by atoms with Crippen LogP contribution >= 0.6 is 15.9 Å². The summed E-state index contributed by atoms with van der Waals surface area (Å²) in [5.74, 6) is 0.108. The molecule has 0 spiro atoms. The van der Waals surface area contributed by atoms with Crippen molar-refractivity contribution in [3.8, 4) is 11.6 Å². The van der Waals surface area contributed by atoms with Gasteiger partial charge in [0, 0.05) is 22.6 Å². The van der Waals surface area contributed by atoms with Crippen LogP contribution < -0.4 is 10.1 Å². The van der Waals surface area contributed by atoms with Crippen molar-refractivity contribution in [2.24, 2.45) is 0 Å². The van der Waals surface area contributed by atoms with E-state index in [9.17, 15) is 4.39 Å². The summed E-state index contributed by atoms with van der Waals surface area (Å²) < 4.78 is 19.9. The molecule has 0 amide bonds. The monoisotopic (exact) mass is 352 g/mol. The molecule has 0 fully saturated rings. The van der Waals surface area contributed by atoms with Crippen LogP contribution in [0.5, 0.6) is 11.6 Å². The summed E-state index contributed by atoms with van der Waals surface area (Å²) in [6.45, 7) is 6.89. The van der Waals surface area contributed by atoms with Crippen molar-refractivity contribution in [2.75, 3.05) is 0 Å². The van der Waals surface area contributed by atoms with Gasteiger partial charge in [-0.1, -0.05) is 22.0 Å². The number of nitrogens with zero attached hydrogens (tertiary/aromatic N) is 1. The molecule has 0 aliphatic heterocycles. The van der Waals surface area contributed by atoms with Gasteiger partial charge < -0.3 is 10.1 Å². The maximum Gasteiger partial charge on any atom is 0.219 e. The average molecular weight is 353 g/mol. The number of nitrogens with one attached hydrogen (secondary N) is 1. The van der Waals surface area contributed by atoms with Gasteiger partial charge in [-0.3, -0.25) is 0 Å². The van der Waals surface area contributed by atoms with Crippen LogP contribution in [0.1, 0.15) is 26.5 Å². The first-order chi connectivity index (χ1) is 9.83. The summed E-state index contributed by atoms with van der Waals surface area (Å²) in [5, 5.41) is 3.35. The molecular formula is C16H18BrFN2O. The fourth-order valence-corrected chi connectivity index (χ4v) is 1.98. The smallest absolute Gasteiger partial charge is 0.219 e. The van der Waals surface area contributed by atoms with Gasteiger partial charge in [-0.15, -0.1) is 0 Å². The second-order valence-corrected chi connectivity index (χ2v) is 6.66. The predicted octanol–water partition coefficient (Wildman–Crippen LogP) is 4.66. The van der Waals surface area contributed by atoms with Crippen molar-refractivity contribution < 1.29 is 9.13 Å². The number of ether oxygens (including phenoxy) is 1. The summed E-state index contributed by atoms with van der Waals surface area (Å²) in [7, 11) is 0. The molecule has 0 aliphatic carbocycles. The van der Waals surface area contributed by atoms with E-state index in [-0.39, 0.29) is 11.3 Å². The molecule has 3 nitrogen and oxygen atoms in total. The largest absolute Gasteiger partial charge is 0.436 e. The van der Waals surface area contributed by atoms with Crippen LogP contribution in [0.2, 0.25) is 0 Å². The van der Waals surface area contributed by atoms with Gasteiger partial charge in [0.25, 0.3) is 0 Å². The van der Waals surface area contributed by atoms with Crippen molar-refractivity contribution in [3.63, 3.8) is 0 Å². The van der Waals surface area contributed by atoms with E-state index in [1.807, 2.05) is 12.1 Å². The average Bonchev–Trinajstić information content (AvgIpc) is 2.40. The number of pyridine rings is 1. The maximum absolute atomic E-state index is 13.7. The van der Waals surface area contributed by atoms with Gasteiger partial charge in [-0.25, -0.2) is 9.37 Å². The van der Waals surface area contributed by atoms with Crippen LogP contribution in [-0.4, -0.2) is 10.5 Å². The fraction of sp³-hybridized carbons (Fsp3) is 0.312. The standard InChI is InChI=1S/C16H18BrFN2O/c1-16(2,3)19-10-12-5-4-6-15(20-12)21-14-9-11(17)7-8-13(14)18/h4-9,19H,10H2,1-3H3. The van der Waals surface area contributed by atoms with Gasteiger partial charge in [-0.2, -0.15) is 0 Å². The lowest BCUT2D eigenvalue weighted by molar-refractivity contribution is 0.409. The van der Waals surface area contributed by atoms with E-state index in [4.69, 9.17) is 4.74 Å². The van der Waals surface area contributed by atoms with E-state index >= 15 is 0 Å². The summed E-state index contributed by atoms with van der Waals surface area (Å²) in [4.78, 5) is 4.38. The first-order valence-corrected chi connectivity index (χ1v) is 7.47. The van der Waals surface area contributed by atoms with Crippen LogP contribution in [-0.2, 0) is 6.54 Å². The maximum atomic E-state index is 13.7. The number of benzene rings is 1. The van der Waals surface area contributed by atoms with Gasteiger partial charge in [0.05, 0.1) is 5.69 Å². The normalized spacial score (nSPS) is 11.5. The lowest BCUT2D eigenvalue weighted by Crippen LogP contribution is -2.35. The number of hydrogen-bond acceptors (Lipinski definition) is 3. The van der Waals surface area contributed by atoms with E-state index in [2.05, 4.69) is 47.0 Å². The van der Waals surface area contributed by atoms with Crippen molar-refractivity contribution in [1.29, 1.82) is 0 Å². The van der Waals surface area contributed by atoms with E-state index < -0.39 is 5.82 Å². The number of aromatic nitrogens is 1. The molecule has 2 aromatic rings. The van der Waals surface area contributed by atoms with Crippen molar-refractivity contribution in [1.82, 2.24) is 10.3 Å². The molecule has 21 heavy (non-hydrogen) atoms. The van der Waals surface area contributed by atoms with Crippen LogP contribution in [0.4, 0.5) is 4.39 Å². The highest BCUT2D eigenvalue weighted by molar-refractivity contribution is 9.10. The number of hydrogen-bond donors (Lipinski definition) is 1. The number of rotatable bonds is 4. The Balaban J connectivity index is 2.12. The van der Waals surface area contributed by atoms with Gasteiger partial charge in [0.15, 0.2) is 11.6 Å². The summed E-state index contributed by atoms with van der Waals surface area (Å²) in [5.41, 5.74) is 0.854. The summed E-state index contributed by atoms with van der Waals surface area (Å²) in [6.07, 6.45) is 0. The second-order valence-electron chi connectivity index (χ2n) is 5.75. The first kappa shape index (κ1) is 15.9. The number of halogens is 2. The topological polar surface area (TPSA) is 34.1 Å². The Morgan fingerprint density at radius 2 is 2.00 bits per heavy atom. The zero-order valence-corrected chi connectivity index (χ0v) is 13.9. The molecule has 1 heterocycles. The lowest BCUT2D eigenvalue weighted by Gasteiger charge is -2.20. The summed E-state index contributed by atoms with van der Waals surface area (Å²) in [6, 6.07) is 10.0. The fourth-order valence-electron chi connectivity index (χ4n) is 1.64. The molecule has 2 rings (SSSR count). The van der Waals surface area contributed by atoms with Crippen molar-refractivity contribution in [2.45, 2.75) is 32.9 Å². The molecule has 0 bridgehead atoms. The van der Waals surface area contributed by atoms with Crippen LogP contribution in [0, 0.1) is 5.82 Å². The Morgan fingerprint density at radius 3 is 2.71 bits per heavy atom. The predicted molar refractivity (Wildman–Crippen MR) is 85.0 cm³/mol. The van der Waals surface area contributed by atoms with E-state index in [0.29, 0.717) is 12.4 Å². The van der Waals surface area contributed by atoms with Gasteiger partial charge in [0.2, 0.25) is 5.88 Å². The van der Waals surface area contributed by atoms with E-state index in [0.717, 1.165) is 10.2 Å². The Bertz CT molecular complexity index is 626. The zero-order valence-electron chi connectivity index (χ0n) is 12.3. The molecule has 112 valence electrons. The van der Waals surface area contributed by atoms with E-state index in [1.165, 1.54) is 6.07 Å². The highest BCUT2D eigenvalue weighted by Gasteiger charge is 2.10. The van der Waals surface area contributed by atoms with Crippen molar-refractivity contribution in [3.05, 3.63) is 52.4 Å². The lowest BCUT2D eigenvalue weighted by atomic mass is 10.1. The SMILES string of the molecule is CC(C)(C)NCc1cccc(Oc2cc(Br)ccc2F)n1.